The Labute approximate surface area is 128 Å². The summed E-state index contributed by atoms with van der Waals surface area (Å²) in [6.07, 6.45) is 0.600. The average Bonchev–Trinajstić information content (AvgIpc) is 2.86. The molecule has 3 nitrogen and oxygen atoms in total. The van der Waals surface area contributed by atoms with Gasteiger partial charge in [0.1, 0.15) is 11.3 Å². The SMILES string of the molecule is NC(CO)Cc1c2oc3ccccc3cc-2c2ccccc12. The van der Waals surface area contributed by atoms with Gasteiger partial charge in [0, 0.05) is 22.6 Å². The predicted octanol–water partition coefficient (Wildman–Crippen LogP) is 3.55. The maximum atomic E-state index is 9.29. The lowest BCUT2D eigenvalue weighted by molar-refractivity contribution is 0.265. The lowest BCUT2D eigenvalue weighted by Gasteiger charge is -2.10. The van der Waals surface area contributed by atoms with E-state index in [9.17, 15) is 5.11 Å². The Kier molecular flexibility index (Phi) is 3.10. The molecule has 3 N–H and O–H groups in total. The van der Waals surface area contributed by atoms with Crippen molar-refractivity contribution >= 4 is 21.7 Å². The molecule has 110 valence electrons. The van der Waals surface area contributed by atoms with Crippen molar-refractivity contribution < 1.29 is 9.52 Å². The normalized spacial score (nSPS) is 13.2. The van der Waals surface area contributed by atoms with Gasteiger partial charge < -0.3 is 15.3 Å². The molecular formula is C19H17NO2. The Morgan fingerprint density at radius 3 is 2.55 bits per heavy atom. The summed E-state index contributed by atoms with van der Waals surface area (Å²) in [5, 5.41) is 12.7. The lowest BCUT2D eigenvalue weighted by Crippen LogP contribution is -2.26. The summed E-state index contributed by atoms with van der Waals surface area (Å²) in [6, 6.07) is 18.2. The maximum Gasteiger partial charge on any atom is 0.139 e. The largest absolute Gasteiger partial charge is 0.456 e. The van der Waals surface area contributed by atoms with E-state index in [2.05, 4.69) is 24.3 Å². The minimum Gasteiger partial charge on any atom is -0.456 e. The van der Waals surface area contributed by atoms with Gasteiger partial charge in [0.25, 0.3) is 0 Å². The second-order valence-electron chi connectivity index (χ2n) is 5.70. The molecule has 0 saturated heterocycles. The minimum atomic E-state index is -0.282. The quantitative estimate of drug-likeness (QED) is 0.607. The van der Waals surface area contributed by atoms with Gasteiger partial charge in [-0.3, -0.25) is 0 Å². The predicted molar refractivity (Wildman–Crippen MR) is 89.1 cm³/mol. The summed E-state index contributed by atoms with van der Waals surface area (Å²) in [4.78, 5) is 0. The van der Waals surface area contributed by atoms with E-state index >= 15 is 0 Å². The molecule has 4 rings (SSSR count). The van der Waals surface area contributed by atoms with Gasteiger partial charge in [0.15, 0.2) is 0 Å². The maximum absolute atomic E-state index is 9.29. The van der Waals surface area contributed by atoms with E-state index in [1.807, 2.05) is 30.3 Å². The minimum absolute atomic E-state index is 0.0332. The second kappa shape index (κ2) is 5.13. The van der Waals surface area contributed by atoms with Crippen LogP contribution < -0.4 is 5.73 Å². The zero-order chi connectivity index (χ0) is 15.1. The summed E-state index contributed by atoms with van der Waals surface area (Å²) in [5.74, 6) is 0.879. The van der Waals surface area contributed by atoms with Crippen LogP contribution in [-0.2, 0) is 6.42 Å². The molecule has 2 aromatic carbocycles. The number of hydrogen-bond donors (Lipinski definition) is 2. The van der Waals surface area contributed by atoms with E-state index in [1.165, 1.54) is 5.39 Å². The Balaban J connectivity index is 2.08. The number of aliphatic hydroxyl groups excluding tert-OH is 1. The number of rotatable bonds is 3. The number of fused-ring (bicyclic) bond motifs is 4. The van der Waals surface area contributed by atoms with Gasteiger partial charge in [-0.15, -0.1) is 0 Å². The molecule has 1 aliphatic carbocycles. The highest BCUT2D eigenvalue weighted by Crippen LogP contribution is 2.41. The molecule has 2 aliphatic rings. The molecule has 1 aliphatic heterocycles. The van der Waals surface area contributed by atoms with Crippen LogP contribution in [0.5, 0.6) is 0 Å². The molecule has 0 saturated carbocycles. The molecule has 0 bridgehead atoms. The molecule has 0 aromatic heterocycles. The van der Waals surface area contributed by atoms with Gasteiger partial charge in [0.2, 0.25) is 0 Å². The summed E-state index contributed by atoms with van der Waals surface area (Å²) in [7, 11) is 0. The van der Waals surface area contributed by atoms with Gasteiger partial charge >= 0.3 is 0 Å². The molecule has 0 amide bonds. The molecule has 1 atom stereocenters. The van der Waals surface area contributed by atoms with Crippen molar-refractivity contribution in [3.8, 4) is 11.3 Å². The Morgan fingerprint density at radius 1 is 1.00 bits per heavy atom. The summed E-state index contributed by atoms with van der Waals surface area (Å²) in [6.45, 7) is -0.0332. The van der Waals surface area contributed by atoms with Crippen molar-refractivity contribution in [3.05, 3.63) is 60.2 Å². The van der Waals surface area contributed by atoms with Crippen molar-refractivity contribution in [1.29, 1.82) is 0 Å². The Morgan fingerprint density at radius 2 is 1.73 bits per heavy atom. The van der Waals surface area contributed by atoms with E-state index in [-0.39, 0.29) is 12.6 Å². The standard InChI is InChI=1S/C19H17NO2/c20-13(11-21)10-17-15-7-3-2-6-14(15)16-9-12-5-1-4-8-18(12)22-19(16)17/h1-9,13,21H,10-11,20H2. The fourth-order valence-corrected chi connectivity index (χ4v) is 3.14. The van der Waals surface area contributed by atoms with Crippen LogP contribution >= 0.6 is 0 Å². The van der Waals surface area contributed by atoms with Crippen LogP contribution in [0.2, 0.25) is 0 Å². The van der Waals surface area contributed by atoms with Crippen LogP contribution in [0.3, 0.4) is 0 Å². The number of aliphatic hydroxyl groups is 1. The molecule has 22 heavy (non-hydrogen) atoms. The fraction of sp³-hybridized carbons (Fsp3) is 0.158. The fourth-order valence-electron chi connectivity index (χ4n) is 3.14. The molecule has 0 fully saturated rings. The zero-order valence-electron chi connectivity index (χ0n) is 12.1. The third-order valence-electron chi connectivity index (χ3n) is 4.19. The first-order chi connectivity index (χ1) is 10.8. The van der Waals surface area contributed by atoms with Crippen LogP contribution in [0.4, 0.5) is 0 Å². The topological polar surface area (TPSA) is 59.4 Å². The van der Waals surface area contributed by atoms with Crippen molar-refractivity contribution in [2.24, 2.45) is 5.73 Å². The van der Waals surface area contributed by atoms with Crippen LogP contribution in [0.15, 0.2) is 59.0 Å². The van der Waals surface area contributed by atoms with E-state index in [1.54, 1.807) is 0 Å². The van der Waals surface area contributed by atoms with Crippen LogP contribution in [0.25, 0.3) is 33.1 Å². The van der Waals surface area contributed by atoms with Gasteiger partial charge in [-0.25, -0.2) is 0 Å². The summed E-state index contributed by atoms with van der Waals surface area (Å²) < 4.78 is 6.17. The van der Waals surface area contributed by atoms with Crippen LogP contribution in [-0.4, -0.2) is 17.8 Å². The molecular weight excluding hydrogens is 274 g/mol. The van der Waals surface area contributed by atoms with Crippen molar-refractivity contribution in [3.63, 3.8) is 0 Å². The van der Waals surface area contributed by atoms with Gasteiger partial charge in [-0.1, -0.05) is 42.5 Å². The van der Waals surface area contributed by atoms with Gasteiger partial charge in [-0.05, 0) is 29.3 Å². The highest BCUT2D eigenvalue weighted by Gasteiger charge is 2.22. The molecule has 1 unspecified atom stereocenters. The third-order valence-corrected chi connectivity index (χ3v) is 4.19. The zero-order valence-corrected chi connectivity index (χ0v) is 12.1. The Hall–Kier alpha value is -2.36. The van der Waals surface area contributed by atoms with Gasteiger partial charge in [0.05, 0.1) is 6.61 Å². The van der Waals surface area contributed by atoms with E-state index < -0.39 is 0 Å². The first-order valence-electron chi connectivity index (χ1n) is 7.46. The number of benzene rings is 2. The number of nitrogens with two attached hydrogens (primary N) is 1. The number of hydrogen-bond acceptors (Lipinski definition) is 3. The molecule has 3 heteroatoms. The second-order valence-corrected chi connectivity index (χ2v) is 5.70. The third kappa shape index (κ3) is 1.98. The first-order valence-corrected chi connectivity index (χ1v) is 7.46. The highest BCUT2D eigenvalue weighted by molar-refractivity contribution is 6.06. The summed E-state index contributed by atoms with van der Waals surface area (Å²) in [5.41, 5.74) is 9.02. The van der Waals surface area contributed by atoms with Crippen molar-refractivity contribution in [2.45, 2.75) is 12.5 Å². The highest BCUT2D eigenvalue weighted by atomic mass is 16.3. The molecule has 2 aromatic rings. The smallest absolute Gasteiger partial charge is 0.139 e. The Bertz CT molecular complexity index is 925. The number of para-hydroxylation sites is 1. The average molecular weight is 291 g/mol. The van der Waals surface area contributed by atoms with E-state index in [0.29, 0.717) is 6.42 Å². The van der Waals surface area contributed by atoms with Gasteiger partial charge in [-0.2, -0.15) is 0 Å². The monoisotopic (exact) mass is 291 g/mol. The van der Waals surface area contributed by atoms with Crippen molar-refractivity contribution in [1.82, 2.24) is 0 Å². The molecule has 0 radical (unpaired) electrons. The summed E-state index contributed by atoms with van der Waals surface area (Å²) >= 11 is 0. The molecule has 1 heterocycles. The van der Waals surface area contributed by atoms with Crippen LogP contribution in [0, 0.1) is 0 Å². The van der Waals surface area contributed by atoms with E-state index in [0.717, 1.165) is 33.2 Å². The molecule has 0 spiro atoms. The lowest BCUT2D eigenvalue weighted by atomic mass is 10.0. The van der Waals surface area contributed by atoms with Crippen molar-refractivity contribution in [2.75, 3.05) is 6.61 Å². The van der Waals surface area contributed by atoms with Crippen LogP contribution in [0.1, 0.15) is 5.56 Å². The van der Waals surface area contributed by atoms with E-state index in [4.69, 9.17) is 10.2 Å². The first kappa shape index (κ1) is 13.3.